The second-order valence-electron chi connectivity index (χ2n) is 3.46. The number of carbonyl (C=O) groups excluding carboxylic acids is 2. The molecule has 6 heteroatoms. The summed E-state index contributed by atoms with van der Waals surface area (Å²) < 4.78 is 0. The van der Waals surface area contributed by atoms with Gasteiger partial charge in [0.1, 0.15) is 0 Å². The number of hydrazine groups is 1. The van der Waals surface area contributed by atoms with E-state index >= 15 is 0 Å². The van der Waals surface area contributed by atoms with Gasteiger partial charge >= 0.3 is 0 Å². The van der Waals surface area contributed by atoms with Crippen molar-refractivity contribution < 1.29 is 9.59 Å². The molecule has 2 aromatic rings. The summed E-state index contributed by atoms with van der Waals surface area (Å²) in [5.41, 5.74) is 0.495. The van der Waals surface area contributed by atoms with E-state index < -0.39 is 11.8 Å². The molecule has 0 spiro atoms. The zero-order chi connectivity index (χ0) is 13.0. The van der Waals surface area contributed by atoms with E-state index in [0.29, 0.717) is 5.01 Å². The molecule has 0 atom stereocenters. The van der Waals surface area contributed by atoms with Crippen LogP contribution >= 0.6 is 0 Å². The predicted molar refractivity (Wildman–Crippen MR) is 63.2 cm³/mol. The number of carbonyl (C=O) groups is 2. The highest BCUT2D eigenvalue weighted by Crippen LogP contribution is 2.05. The molecule has 0 aliphatic rings. The number of pyridine rings is 2. The van der Waals surface area contributed by atoms with E-state index in [2.05, 4.69) is 9.97 Å². The summed E-state index contributed by atoms with van der Waals surface area (Å²) >= 11 is 0. The third kappa shape index (κ3) is 2.38. The number of nitrogens with zero attached hydrogens (tertiary/aromatic N) is 3. The highest BCUT2D eigenvalue weighted by atomic mass is 16.2. The summed E-state index contributed by atoms with van der Waals surface area (Å²) in [6.45, 7) is 0. The highest BCUT2D eigenvalue weighted by molar-refractivity contribution is 6.09. The van der Waals surface area contributed by atoms with Crippen LogP contribution in [0.4, 0.5) is 0 Å². The largest absolute Gasteiger partial charge is 0.276 e. The minimum atomic E-state index is -0.614. The fourth-order valence-electron chi connectivity index (χ4n) is 1.35. The Bertz CT molecular complexity index is 505. The van der Waals surface area contributed by atoms with Gasteiger partial charge in [0.15, 0.2) is 0 Å². The Labute approximate surface area is 103 Å². The third-order valence-electron chi connectivity index (χ3n) is 2.25. The Morgan fingerprint density at radius 3 is 1.72 bits per heavy atom. The minimum absolute atomic E-state index is 0.247. The maximum Gasteiger partial charge on any atom is 0.276 e. The number of hydrogen-bond donors (Lipinski definition) is 1. The van der Waals surface area contributed by atoms with E-state index in [-0.39, 0.29) is 11.1 Å². The van der Waals surface area contributed by atoms with Crippen LogP contribution in [-0.4, -0.2) is 26.8 Å². The first-order chi connectivity index (χ1) is 8.70. The molecule has 2 aromatic heterocycles. The molecule has 0 saturated heterocycles. The predicted octanol–water partition coefficient (Wildman–Crippen LogP) is 0.633. The zero-order valence-electron chi connectivity index (χ0n) is 9.35. The molecule has 2 N–H and O–H groups in total. The summed E-state index contributed by atoms with van der Waals surface area (Å²) in [5, 5.41) is 0.550. The van der Waals surface area contributed by atoms with Crippen LogP contribution in [0, 0.1) is 0 Å². The van der Waals surface area contributed by atoms with Gasteiger partial charge in [0.05, 0.1) is 11.1 Å². The van der Waals surface area contributed by atoms with Crippen LogP contribution in [0.5, 0.6) is 0 Å². The fourth-order valence-corrected chi connectivity index (χ4v) is 1.35. The van der Waals surface area contributed by atoms with E-state index in [9.17, 15) is 9.59 Å². The number of aromatic nitrogens is 2. The molecular weight excluding hydrogens is 232 g/mol. The van der Waals surface area contributed by atoms with Crippen molar-refractivity contribution in [1.82, 2.24) is 15.0 Å². The van der Waals surface area contributed by atoms with Crippen LogP contribution in [0.15, 0.2) is 49.1 Å². The Balaban J connectivity index is 2.20. The van der Waals surface area contributed by atoms with Crippen molar-refractivity contribution in [2.45, 2.75) is 0 Å². The quantitative estimate of drug-likeness (QED) is 0.361. The molecule has 0 radical (unpaired) electrons. The molecule has 2 amide bonds. The lowest BCUT2D eigenvalue weighted by atomic mass is 10.2. The normalized spacial score (nSPS) is 9.83. The van der Waals surface area contributed by atoms with E-state index in [1.807, 2.05) is 0 Å². The molecule has 2 rings (SSSR count). The first-order valence-corrected chi connectivity index (χ1v) is 5.13. The van der Waals surface area contributed by atoms with Crippen molar-refractivity contribution in [2.24, 2.45) is 5.84 Å². The van der Waals surface area contributed by atoms with Gasteiger partial charge in [-0.2, -0.15) is 0 Å². The molecule has 0 unspecified atom stereocenters. The van der Waals surface area contributed by atoms with Crippen LogP contribution < -0.4 is 5.84 Å². The number of amides is 2. The molecule has 90 valence electrons. The molecule has 0 aromatic carbocycles. The highest BCUT2D eigenvalue weighted by Gasteiger charge is 2.20. The van der Waals surface area contributed by atoms with Gasteiger partial charge in [0.2, 0.25) is 0 Å². The van der Waals surface area contributed by atoms with Gasteiger partial charge in [-0.1, -0.05) is 0 Å². The third-order valence-corrected chi connectivity index (χ3v) is 2.25. The smallest absolute Gasteiger partial charge is 0.267 e. The topological polar surface area (TPSA) is 89.2 Å². The van der Waals surface area contributed by atoms with Crippen molar-refractivity contribution in [2.75, 3.05) is 0 Å². The lowest BCUT2D eigenvalue weighted by Crippen LogP contribution is -2.42. The van der Waals surface area contributed by atoms with Crippen molar-refractivity contribution in [3.05, 3.63) is 60.2 Å². The Morgan fingerprint density at radius 2 is 1.39 bits per heavy atom. The van der Waals surface area contributed by atoms with Gasteiger partial charge in [-0.05, 0) is 24.3 Å². The van der Waals surface area contributed by atoms with Crippen LogP contribution in [0.2, 0.25) is 0 Å². The number of rotatable bonds is 2. The fraction of sp³-hybridized carbons (Fsp3) is 0. The van der Waals surface area contributed by atoms with Crippen molar-refractivity contribution >= 4 is 11.8 Å². The molecule has 0 bridgehead atoms. The van der Waals surface area contributed by atoms with E-state index in [1.54, 1.807) is 12.1 Å². The Morgan fingerprint density at radius 1 is 0.944 bits per heavy atom. The van der Waals surface area contributed by atoms with Gasteiger partial charge < -0.3 is 0 Å². The summed E-state index contributed by atoms with van der Waals surface area (Å²) in [7, 11) is 0. The van der Waals surface area contributed by atoms with Gasteiger partial charge in [0.25, 0.3) is 11.8 Å². The number of nitrogens with two attached hydrogens (primary N) is 1. The molecule has 0 aliphatic heterocycles. The van der Waals surface area contributed by atoms with Gasteiger partial charge in [0, 0.05) is 24.8 Å². The van der Waals surface area contributed by atoms with Crippen LogP contribution in [0.1, 0.15) is 20.7 Å². The first-order valence-electron chi connectivity index (χ1n) is 5.13. The molecular formula is C12H10N4O2. The van der Waals surface area contributed by atoms with Crippen molar-refractivity contribution in [3.8, 4) is 0 Å². The first kappa shape index (κ1) is 11.9. The molecule has 18 heavy (non-hydrogen) atoms. The maximum absolute atomic E-state index is 11.9. The average Bonchev–Trinajstić information content (AvgIpc) is 2.47. The monoisotopic (exact) mass is 242 g/mol. The lowest BCUT2D eigenvalue weighted by molar-refractivity contribution is 0.0615. The standard InChI is InChI=1S/C12H10N4O2/c13-16(11(17)9-3-1-5-14-7-9)12(18)10-4-2-6-15-8-10/h1-8H,13H2. The summed E-state index contributed by atoms with van der Waals surface area (Å²) in [6.07, 6.45) is 5.75. The minimum Gasteiger partial charge on any atom is -0.267 e. The van der Waals surface area contributed by atoms with Crippen molar-refractivity contribution in [1.29, 1.82) is 0 Å². The molecule has 2 heterocycles. The second-order valence-corrected chi connectivity index (χ2v) is 3.46. The number of imide groups is 1. The van der Waals surface area contributed by atoms with Gasteiger partial charge in [-0.15, -0.1) is 0 Å². The Hall–Kier alpha value is -2.60. The molecule has 0 saturated carbocycles. The molecule has 0 fully saturated rings. The number of hydrogen-bond acceptors (Lipinski definition) is 5. The average molecular weight is 242 g/mol. The molecule has 0 aliphatic carbocycles. The van der Waals surface area contributed by atoms with Crippen LogP contribution in [0.3, 0.4) is 0 Å². The summed E-state index contributed by atoms with van der Waals surface area (Å²) in [5.74, 6) is 4.28. The van der Waals surface area contributed by atoms with Gasteiger partial charge in [-0.25, -0.2) is 10.9 Å². The van der Waals surface area contributed by atoms with Gasteiger partial charge in [-0.3, -0.25) is 19.6 Å². The van der Waals surface area contributed by atoms with E-state index in [4.69, 9.17) is 5.84 Å². The van der Waals surface area contributed by atoms with Crippen LogP contribution in [-0.2, 0) is 0 Å². The van der Waals surface area contributed by atoms with E-state index in [0.717, 1.165) is 0 Å². The maximum atomic E-state index is 11.9. The van der Waals surface area contributed by atoms with E-state index in [1.165, 1.54) is 36.9 Å². The SMILES string of the molecule is NN(C(=O)c1cccnc1)C(=O)c1cccnc1. The lowest BCUT2D eigenvalue weighted by Gasteiger charge is -2.14. The Kier molecular flexibility index (Phi) is 3.40. The van der Waals surface area contributed by atoms with Crippen LogP contribution in [0.25, 0.3) is 0 Å². The second kappa shape index (κ2) is 5.15. The zero-order valence-corrected chi connectivity index (χ0v) is 9.35. The van der Waals surface area contributed by atoms with Crippen molar-refractivity contribution in [3.63, 3.8) is 0 Å². The molecule has 6 nitrogen and oxygen atoms in total. The summed E-state index contributed by atoms with van der Waals surface area (Å²) in [4.78, 5) is 31.3. The summed E-state index contributed by atoms with van der Waals surface area (Å²) in [6, 6.07) is 6.25.